The van der Waals surface area contributed by atoms with Crippen LogP contribution in [-0.2, 0) is 91.4 Å². The Hall–Kier alpha value is -7.50. The number of benzene rings is 3. The van der Waals surface area contributed by atoms with Crippen molar-refractivity contribution in [2.45, 2.75) is 87.4 Å². The third-order valence-electron chi connectivity index (χ3n) is 15.2. The van der Waals surface area contributed by atoms with Crippen molar-refractivity contribution in [3.8, 4) is 0 Å². The third kappa shape index (κ3) is 7.15. The standard InChI is InChI=1S/2C17H14O6.C16H12O6/c1-7-2-3-8-9(11-6-13(18)22-15(11)19)5-12-14(10(8)4-7)17(21)23-16(12)20;1-17(11-6-12(18)22-15(11)20)7-9-13(16(21)23-14(9)19)8-4-2-3-5-10(8)17;17-12-6-10(14(18)21-12)9-5-11-13(16(20)22-15(11)19)8-4-2-1-3-7(8)9/h2-4,9,11-12,14H,5-6H2,1H3;2-5,9,11,13H,6-7H2,1H3;1-4,9-11,13H,5-6H2. The molecule has 0 saturated carbocycles. The lowest BCUT2D eigenvalue weighted by molar-refractivity contribution is -0.156. The Balaban J connectivity index is 0.000000119. The lowest BCUT2D eigenvalue weighted by Crippen LogP contribution is -2.43. The summed E-state index contributed by atoms with van der Waals surface area (Å²) in [6.07, 6.45) is 0.934. The molecule has 0 radical (unpaired) electrons. The quantitative estimate of drug-likeness (QED) is 0.206. The van der Waals surface area contributed by atoms with Crippen molar-refractivity contribution in [1.29, 1.82) is 0 Å². The van der Waals surface area contributed by atoms with Gasteiger partial charge in [-0.15, -0.1) is 0 Å². The summed E-state index contributed by atoms with van der Waals surface area (Å²) in [5.74, 6) is -12.7. The lowest BCUT2D eigenvalue weighted by Gasteiger charge is -2.41. The zero-order chi connectivity index (χ0) is 48.1. The van der Waals surface area contributed by atoms with Gasteiger partial charge >= 0.3 is 71.6 Å². The number of fused-ring (bicyclic) bond motifs is 9. The van der Waals surface area contributed by atoms with Crippen LogP contribution in [0.15, 0.2) is 66.7 Å². The number of carbonyl (C=O) groups excluding carboxylic acids is 12. The van der Waals surface area contributed by atoms with E-state index in [0.29, 0.717) is 24.0 Å². The number of cyclic esters (lactones) is 12. The number of carbonyl (C=O) groups is 12. The Kier molecular flexibility index (Phi) is 10.7. The van der Waals surface area contributed by atoms with Crippen molar-refractivity contribution < 1.29 is 86.0 Å². The molecule has 18 heteroatoms. The van der Waals surface area contributed by atoms with Crippen LogP contribution in [0.2, 0.25) is 0 Å². The molecular weight excluding hydrogens is 889 g/mol. The molecule has 0 N–H and O–H groups in total. The summed E-state index contributed by atoms with van der Waals surface area (Å²) in [5.41, 5.74) is 4.83. The molecule has 6 fully saturated rings. The average molecular weight is 929 g/mol. The van der Waals surface area contributed by atoms with Crippen LogP contribution in [0.25, 0.3) is 0 Å². The molecule has 6 heterocycles. The Morgan fingerprint density at radius 1 is 0.397 bits per heavy atom. The van der Waals surface area contributed by atoms with Crippen molar-refractivity contribution >= 4 is 71.6 Å². The van der Waals surface area contributed by atoms with E-state index in [4.69, 9.17) is 18.9 Å². The van der Waals surface area contributed by atoms with Gasteiger partial charge in [0.15, 0.2) is 0 Å². The molecule has 3 aromatic carbocycles. The average Bonchev–Trinajstić information content (AvgIpc) is 4.13. The SMILES string of the molecule is CC1(C2CC(=O)OC2=O)CC2C(=O)OC(=O)C2c2ccccc21.Cc1ccc2c(c1)C1C(=O)OC(=O)C1CC2C1CC(=O)OC1=O.O=C1CC(C2CC3C(=O)OC(=O)C3c3ccccc32)C(=O)O1. The zero-order valence-corrected chi connectivity index (χ0v) is 36.3. The van der Waals surface area contributed by atoms with E-state index in [0.717, 1.165) is 27.8 Å². The fourth-order valence-electron chi connectivity index (χ4n) is 12.1. The van der Waals surface area contributed by atoms with Crippen LogP contribution in [0, 0.1) is 42.4 Å². The summed E-state index contributed by atoms with van der Waals surface area (Å²) in [4.78, 5) is 142. The van der Waals surface area contributed by atoms with Gasteiger partial charge in [0.1, 0.15) is 0 Å². The van der Waals surface area contributed by atoms with Gasteiger partial charge in [0.25, 0.3) is 0 Å². The number of hydrogen-bond donors (Lipinski definition) is 0. The van der Waals surface area contributed by atoms with Gasteiger partial charge in [-0.1, -0.05) is 79.2 Å². The van der Waals surface area contributed by atoms with E-state index in [9.17, 15) is 57.5 Å². The number of rotatable bonds is 3. The molecule has 12 atom stereocenters. The van der Waals surface area contributed by atoms with Gasteiger partial charge in [0.05, 0.1) is 72.5 Å². The Morgan fingerprint density at radius 3 is 1.34 bits per heavy atom. The van der Waals surface area contributed by atoms with Crippen molar-refractivity contribution in [3.05, 3.63) is 106 Å². The Morgan fingerprint density at radius 2 is 0.824 bits per heavy atom. The Bertz CT molecular complexity index is 2860. The predicted octanol–water partition coefficient (Wildman–Crippen LogP) is 3.62. The zero-order valence-electron chi connectivity index (χ0n) is 36.3. The number of ether oxygens (including phenoxy) is 6. The summed E-state index contributed by atoms with van der Waals surface area (Å²) in [7, 11) is 0. The van der Waals surface area contributed by atoms with Gasteiger partial charge in [-0.05, 0) is 71.4 Å². The molecule has 12 unspecified atom stereocenters. The molecule has 0 aromatic heterocycles. The van der Waals surface area contributed by atoms with Crippen LogP contribution in [0.1, 0.15) is 114 Å². The lowest BCUT2D eigenvalue weighted by atomic mass is 9.58. The predicted molar refractivity (Wildman–Crippen MR) is 220 cm³/mol. The molecule has 12 rings (SSSR count). The number of esters is 12. The minimum atomic E-state index is -0.745. The van der Waals surface area contributed by atoms with Gasteiger partial charge in [0, 0.05) is 5.41 Å². The number of aryl methyl sites for hydroxylation is 1. The molecule has 3 aliphatic carbocycles. The van der Waals surface area contributed by atoms with E-state index >= 15 is 0 Å². The van der Waals surface area contributed by atoms with Crippen molar-refractivity contribution in [1.82, 2.24) is 0 Å². The van der Waals surface area contributed by atoms with E-state index in [1.165, 1.54) is 0 Å². The van der Waals surface area contributed by atoms with Crippen molar-refractivity contribution in [2.24, 2.45) is 35.5 Å². The first kappa shape index (κ1) is 44.3. The highest BCUT2D eigenvalue weighted by molar-refractivity contribution is 6.03. The first-order valence-corrected chi connectivity index (χ1v) is 22.2. The van der Waals surface area contributed by atoms with Gasteiger partial charge < -0.3 is 28.4 Å². The van der Waals surface area contributed by atoms with Crippen LogP contribution in [0.3, 0.4) is 0 Å². The third-order valence-corrected chi connectivity index (χ3v) is 15.2. The minimum Gasteiger partial charge on any atom is -0.393 e. The molecule has 9 aliphatic rings. The largest absolute Gasteiger partial charge is 0.393 e. The molecule has 0 bridgehead atoms. The van der Waals surface area contributed by atoms with Crippen LogP contribution in [-0.4, -0.2) is 71.6 Å². The van der Waals surface area contributed by atoms with Gasteiger partial charge in [-0.3, -0.25) is 57.5 Å². The monoisotopic (exact) mass is 928 g/mol. The van der Waals surface area contributed by atoms with Gasteiger partial charge in [0.2, 0.25) is 0 Å². The topological polar surface area (TPSA) is 260 Å². The van der Waals surface area contributed by atoms with E-state index in [1.807, 2.05) is 56.3 Å². The highest BCUT2D eigenvalue weighted by Gasteiger charge is 2.59. The molecule has 3 aromatic rings. The Labute approximate surface area is 385 Å². The van der Waals surface area contributed by atoms with Crippen LogP contribution >= 0.6 is 0 Å². The molecule has 18 nitrogen and oxygen atoms in total. The fraction of sp³-hybridized carbons (Fsp3) is 0.400. The van der Waals surface area contributed by atoms with Crippen LogP contribution < -0.4 is 0 Å². The van der Waals surface area contributed by atoms with Crippen molar-refractivity contribution in [3.63, 3.8) is 0 Å². The smallest absolute Gasteiger partial charge is 0.321 e. The van der Waals surface area contributed by atoms with E-state index < -0.39 is 130 Å². The summed E-state index contributed by atoms with van der Waals surface area (Å²) in [6, 6.07) is 20.1. The second-order valence-corrected chi connectivity index (χ2v) is 18.9. The molecule has 68 heavy (non-hydrogen) atoms. The summed E-state index contributed by atoms with van der Waals surface area (Å²) >= 11 is 0. The van der Waals surface area contributed by atoms with Gasteiger partial charge in [-0.25, -0.2) is 0 Å². The highest BCUT2D eigenvalue weighted by atomic mass is 16.6. The molecule has 6 saturated heterocycles. The first-order chi connectivity index (χ1) is 32.4. The molecule has 348 valence electrons. The van der Waals surface area contributed by atoms with Crippen LogP contribution in [0.5, 0.6) is 0 Å². The van der Waals surface area contributed by atoms with Gasteiger partial charge in [-0.2, -0.15) is 0 Å². The maximum absolute atomic E-state index is 12.1. The molecule has 6 aliphatic heterocycles. The molecular formula is C50H40O18. The molecule has 0 spiro atoms. The summed E-state index contributed by atoms with van der Waals surface area (Å²) < 4.78 is 28.4. The second kappa shape index (κ2) is 16.4. The minimum absolute atomic E-state index is 0.00987. The van der Waals surface area contributed by atoms with E-state index in [1.54, 1.807) is 24.3 Å². The van der Waals surface area contributed by atoms with E-state index in [2.05, 4.69) is 9.47 Å². The molecule has 0 amide bonds. The van der Waals surface area contributed by atoms with Crippen molar-refractivity contribution in [2.75, 3.05) is 0 Å². The van der Waals surface area contributed by atoms with E-state index in [-0.39, 0.29) is 37.5 Å². The highest BCUT2D eigenvalue weighted by Crippen LogP contribution is 2.55. The first-order valence-electron chi connectivity index (χ1n) is 22.2. The number of hydrogen-bond acceptors (Lipinski definition) is 18. The maximum atomic E-state index is 12.1. The normalized spacial score (nSPS) is 33.8. The summed E-state index contributed by atoms with van der Waals surface area (Å²) in [6.45, 7) is 3.75. The fourth-order valence-corrected chi connectivity index (χ4v) is 12.1. The maximum Gasteiger partial charge on any atom is 0.321 e. The summed E-state index contributed by atoms with van der Waals surface area (Å²) in [5, 5.41) is 0. The second-order valence-electron chi connectivity index (χ2n) is 18.9. The van der Waals surface area contributed by atoms with Crippen LogP contribution in [0.4, 0.5) is 0 Å².